The van der Waals surface area contributed by atoms with Crippen molar-refractivity contribution in [3.63, 3.8) is 0 Å². The summed E-state index contributed by atoms with van der Waals surface area (Å²) in [6.07, 6.45) is 0.0428. The van der Waals surface area contributed by atoms with Crippen molar-refractivity contribution in [3.05, 3.63) is 101 Å². The summed E-state index contributed by atoms with van der Waals surface area (Å²) in [5, 5.41) is 19.6. The van der Waals surface area contributed by atoms with Gasteiger partial charge in [-0.15, -0.1) is 0 Å². The highest BCUT2D eigenvalue weighted by Gasteiger charge is 2.29. The van der Waals surface area contributed by atoms with Crippen LogP contribution >= 0.6 is 0 Å². The molecule has 12 nitrogen and oxygen atoms in total. The average Bonchev–Trinajstić information content (AvgIpc) is 2.99. The lowest BCUT2D eigenvalue weighted by Crippen LogP contribution is -2.55. The highest BCUT2D eigenvalue weighted by Crippen LogP contribution is 2.18. The van der Waals surface area contributed by atoms with Crippen LogP contribution in [0.4, 0.5) is 5.69 Å². The molecule has 0 aliphatic rings. The van der Waals surface area contributed by atoms with E-state index in [1.807, 2.05) is 0 Å². The van der Waals surface area contributed by atoms with Gasteiger partial charge in [-0.1, -0.05) is 48.5 Å². The lowest BCUT2D eigenvalue weighted by Gasteiger charge is -2.23. The van der Waals surface area contributed by atoms with E-state index in [1.54, 1.807) is 60.7 Å². The summed E-state index contributed by atoms with van der Waals surface area (Å²) in [7, 11) is 0. The topological polar surface area (TPSA) is 197 Å². The first kappa shape index (κ1) is 32.0. The second-order valence-electron chi connectivity index (χ2n) is 9.79. The van der Waals surface area contributed by atoms with Crippen molar-refractivity contribution in [3.8, 4) is 0 Å². The van der Waals surface area contributed by atoms with E-state index in [0.29, 0.717) is 11.1 Å². The number of carboxylic acid groups (broad SMARTS) is 1. The van der Waals surface area contributed by atoms with Gasteiger partial charge in [0, 0.05) is 23.2 Å². The van der Waals surface area contributed by atoms with Gasteiger partial charge in [0.25, 0.3) is 5.91 Å². The molecule has 0 heterocycles. The predicted molar refractivity (Wildman–Crippen MR) is 158 cm³/mol. The zero-order valence-electron chi connectivity index (χ0n) is 23.6. The molecule has 0 unspecified atom stereocenters. The molecule has 0 aromatic heterocycles. The van der Waals surface area contributed by atoms with Crippen LogP contribution in [0.25, 0.3) is 0 Å². The molecule has 3 aromatic carbocycles. The molecule has 12 heteroatoms. The Balaban J connectivity index is 1.63. The third-order valence-electron chi connectivity index (χ3n) is 6.42. The molecule has 43 heavy (non-hydrogen) atoms. The summed E-state index contributed by atoms with van der Waals surface area (Å²) in [6.45, 7) is 2.44. The van der Waals surface area contributed by atoms with Gasteiger partial charge in [-0.25, -0.2) is 4.79 Å². The summed E-state index contributed by atoms with van der Waals surface area (Å²) in [6, 6.07) is 17.6. The minimum Gasteiger partial charge on any atom is -0.478 e. The number of hydrogen-bond donors (Lipinski definition) is 6. The Hall–Kier alpha value is -5.52. The van der Waals surface area contributed by atoms with Crippen LogP contribution < -0.4 is 27.0 Å². The Morgan fingerprint density at radius 2 is 1.33 bits per heavy atom. The molecule has 7 N–H and O–H groups in total. The SMILES string of the molecule is C[C@H](NC(=O)CNC(=O)c1ccccc1)C(=O)N[C@@H](C)C(=O)N[C@@H](Cc1ccccc1)C(=O)c1cc(N)ccc1C(=O)O. The van der Waals surface area contributed by atoms with Crippen LogP contribution in [0.3, 0.4) is 0 Å². The third kappa shape index (κ3) is 9.25. The summed E-state index contributed by atoms with van der Waals surface area (Å²) < 4.78 is 0. The molecule has 3 atom stereocenters. The minimum absolute atomic E-state index is 0.0428. The summed E-state index contributed by atoms with van der Waals surface area (Å²) in [5.41, 5.74) is 6.64. The number of anilines is 1. The van der Waals surface area contributed by atoms with Crippen molar-refractivity contribution in [1.82, 2.24) is 21.3 Å². The Morgan fingerprint density at radius 3 is 1.95 bits per heavy atom. The standard InChI is InChI=1S/C31H33N5O7/c1-18(34-26(37)17-33-30(41)21-11-7-4-8-12-21)28(39)35-19(2)29(40)36-25(15-20-9-5-3-6-10-20)27(38)24-16-22(32)13-14-23(24)31(42)43/h3-14,16,18-19,25H,15,17,32H2,1-2H3,(H,33,41)(H,34,37)(H,35,39)(H,36,40)(H,42,43)/t18-,19-,25-/m0/s1. The van der Waals surface area contributed by atoms with Crippen molar-refractivity contribution >= 4 is 41.1 Å². The quantitative estimate of drug-likeness (QED) is 0.127. The van der Waals surface area contributed by atoms with E-state index in [9.17, 15) is 33.9 Å². The molecule has 0 fully saturated rings. The van der Waals surface area contributed by atoms with Crippen molar-refractivity contribution in [1.29, 1.82) is 0 Å². The molecule has 4 amide bonds. The molecule has 0 aliphatic carbocycles. The lowest BCUT2D eigenvalue weighted by molar-refractivity contribution is -0.131. The number of nitrogens with one attached hydrogen (secondary N) is 4. The van der Waals surface area contributed by atoms with Gasteiger partial charge in [-0.2, -0.15) is 0 Å². The summed E-state index contributed by atoms with van der Waals surface area (Å²) in [5.74, 6) is -4.46. The fraction of sp³-hybridized carbons (Fsp3) is 0.226. The van der Waals surface area contributed by atoms with Crippen LogP contribution in [0.1, 0.15) is 50.5 Å². The summed E-state index contributed by atoms with van der Waals surface area (Å²) in [4.78, 5) is 75.5. The maximum Gasteiger partial charge on any atom is 0.336 e. The number of Topliss-reactive ketones (excluding diaryl/α,β-unsaturated/α-hetero) is 1. The van der Waals surface area contributed by atoms with Crippen LogP contribution in [0, 0.1) is 0 Å². The molecule has 3 aromatic rings. The largest absolute Gasteiger partial charge is 0.478 e. The van der Waals surface area contributed by atoms with Gasteiger partial charge >= 0.3 is 5.97 Å². The first-order valence-electron chi connectivity index (χ1n) is 13.4. The number of carbonyl (C=O) groups is 6. The van der Waals surface area contributed by atoms with Gasteiger partial charge in [0.05, 0.1) is 18.2 Å². The van der Waals surface area contributed by atoms with Gasteiger partial charge in [0.1, 0.15) is 12.1 Å². The molecule has 0 aliphatic heterocycles. The molecule has 3 rings (SSSR count). The maximum atomic E-state index is 13.5. The fourth-order valence-electron chi connectivity index (χ4n) is 4.11. The Bertz CT molecular complexity index is 1490. The van der Waals surface area contributed by atoms with E-state index in [2.05, 4.69) is 21.3 Å². The predicted octanol–water partition coefficient (Wildman–Crippen LogP) is 1.32. The molecule has 224 valence electrons. The molecule has 0 saturated carbocycles. The monoisotopic (exact) mass is 587 g/mol. The van der Waals surface area contributed by atoms with Gasteiger partial charge in [-0.05, 0) is 49.7 Å². The van der Waals surface area contributed by atoms with Crippen LogP contribution in [0.5, 0.6) is 0 Å². The van der Waals surface area contributed by atoms with Crippen molar-refractivity contribution < 1.29 is 33.9 Å². The second-order valence-corrected chi connectivity index (χ2v) is 9.79. The van der Waals surface area contributed by atoms with Gasteiger partial charge in [-0.3, -0.25) is 24.0 Å². The first-order chi connectivity index (χ1) is 20.5. The molecule has 0 bridgehead atoms. The van der Waals surface area contributed by atoms with E-state index < -0.39 is 53.5 Å². The molecule has 0 spiro atoms. The Kier molecular flexibility index (Phi) is 11.1. The number of carboxylic acids is 1. The van der Waals surface area contributed by atoms with Gasteiger partial charge in [0.15, 0.2) is 5.78 Å². The van der Waals surface area contributed by atoms with E-state index in [4.69, 9.17) is 5.73 Å². The Labute approximate surface area is 248 Å². The zero-order chi connectivity index (χ0) is 31.5. The Morgan fingerprint density at radius 1 is 0.744 bits per heavy atom. The zero-order valence-corrected chi connectivity index (χ0v) is 23.6. The fourth-order valence-corrected chi connectivity index (χ4v) is 4.11. The number of aromatic carboxylic acids is 1. The normalized spacial score (nSPS) is 12.6. The van der Waals surface area contributed by atoms with Gasteiger partial charge < -0.3 is 32.1 Å². The summed E-state index contributed by atoms with van der Waals surface area (Å²) >= 11 is 0. The van der Waals surface area contributed by atoms with Crippen LogP contribution in [-0.2, 0) is 20.8 Å². The highest BCUT2D eigenvalue weighted by atomic mass is 16.4. The van der Waals surface area contributed by atoms with Crippen LogP contribution in [0.2, 0.25) is 0 Å². The molecule has 0 saturated heterocycles. The minimum atomic E-state index is -1.33. The second kappa shape index (κ2) is 14.9. The van der Waals surface area contributed by atoms with E-state index in [0.717, 1.165) is 0 Å². The van der Waals surface area contributed by atoms with E-state index in [1.165, 1.54) is 32.0 Å². The number of benzene rings is 3. The van der Waals surface area contributed by atoms with Crippen molar-refractivity contribution in [2.45, 2.75) is 38.4 Å². The number of ketones is 1. The van der Waals surface area contributed by atoms with Crippen LogP contribution in [-0.4, -0.2) is 65.2 Å². The maximum absolute atomic E-state index is 13.5. The number of rotatable bonds is 13. The number of nitrogen functional groups attached to an aromatic ring is 1. The number of hydrogen-bond acceptors (Lipinski definition) is 7. The first-order valence-corrected chi connectivity index (χ1v) is 13.4. The molecular weight excluding hydrogens is 554 g/mol. The number of carbonyl (C=O) groups excluding carboxylic acids is 5. The number of amides is 4. The lowest BCUT2D eigenvalue weighted by atomic mass is 9.93. The molecular formula is C31H33N5O7. The van der Waals surface area contributed by atoms with Gasteiger partial charge in [0.2, 0.25) is 17.7 Å². The highest BCUT2D eigenvalue weighted by molar-refractivity contribution is 6.10. The average molecular weight is 588 g/mol. The van der Waals surface area contributed by atoms with Crippen LogP contribution in [0.15, 0.2) is 78.9 Å². The van der Waals surface area contributed by atoms with Crippen molar-refractivity contribution in [2.24, 2.45) is 0 Å². The van der Waals surface area contributed by atoms with Crippen molar-refractivity contribution in [2.75, 3.05) is 12.3 Å². The van der Waals surface area contributed by atoms with E-state index >= 15 is 0 Å². The number of nitrogens with two attached hydrogens (primary N) is 1. The smallest absolute Gasteiger partial charge is 0.336 e. The molecule has 0 radical (unpaired) electrons. The third-order valence-corrected chi connectivity index (χ3v) is 6.42. The van der Waals surface area contributed by atoms with E-state index in [-0.39, 0.29) is 29.8 Å².